The summed E-state index contributed by atoms with van der Waals surface area (Å²) in [5, 5.41) is 16.2. The van der Waals surface area contributed by atoms with Gasteiger partial charge in [-0.3, -0.25) is 4.79 Å². The van der Waals surface area contributed by atoms with Gasteiger partial charge in [0.15, 0.2) is 5.03 Å². The Balaban J connectivity index is 1.36. The Kier molecular flexibility index (Phi) is 5.51. The fraction of sp³-hybridized carbons (Fsp3) is 0.412. The number of carbonyl (C=O) groups is 1. The van der Waals surface area contributed by atoms with Crippen molar-refractivity contribution in [3.63, 3.8) is 0 Å². The van der Waals surface area contributed by atoms with E-state index >= 15 is 0 Å². The van der Waals surface area contributed by atoms with Crippen LogP contribution in [-0.4, -0.2) is 51.5 Å². The maximum atomic E-state index is 12.8. The molecule has 1 N–H and O–H groups in total. The third kappa shape index (κ3) is 4.10. The first-order valence-electron chi connectivity index (χ1n) is 9.01. The van der Waals surface area contributed by atoms with Gasteiger partial charge in [0.2, 0.25) is 11.0 Å². The summed E-state index contributed by atoms with van der Waals surface area (Å²) in [7, 11) is -1.88. The van der Waals surface area contributed by atoms with Crippen LogP contribution in [0.5, 0.6) is 0 Å². The van der Waals surface area contributed by atoms with Crippen molar-refractivity contribution in [1.82, 2.24) is 24.1 Å². The number of anilines is 1. The number of rotatable bonds is 5. The minimum atomic E-state index is -3.64. The molecule has 0 bridgehead atoms. The maximum absolute atomic E-state index is 12.8. The van der Waals surface area contributed by atoms with E-state index in [1.807, 2.05) is 16.8 Å². The average molecular weight is 453 g/mol. The van der Waals surface area contributed by atoms with E-state index in [0.717, 1.165) is 10.6 Å². The smallest absolute Gasteiger partial charge is 0.262 e. The highest BCUT2D eigenvalue weighted by molar-refractivity contribution is 7.89. The van der Waals surface area contributed by atoms with Crippen LogP contribution in [-0.2, 0) is 21.9 Å². The fourth-order valence-corrected chi connectivity index (χ4v) is 6.08. The van der Waals surface area contributed by atoms with E-state index in [2.05, 4.69) is 20.5 Å². The SMILES string of the molecule is Cc1nc(S(=O)(=O)N2CCC(C(=O)Nc3nnc(-c4ccsc4)s3)CC2)cn1C. The predicted octanol–water partition coefficient (Wildman–Crippen LogP) is 2.35. The second kappa shape index (κ2) is 7.94. The first kappa shape index (κ1) is 20.1. The number of aryl methyl sites for hydroxylation is 2. The van der Waals surface area contributed by atoms with Gasteiger partial charge < -0.3 is 9.88 Å². The summed E-state index contributed by atoms with van der Waals surface area (Å²) in [6, 6.07) is 1.95. The molecular weight excluding hydrogens is 432 g/mol. The van der Waals surface area contributed by atoms with Crippen molar-refractivity contribution in [3.05, 3.63) is 28.8 Å². The monoisotopic (exact) mass is 452 g/mol. The van der Waals surface area contributed by atoms with E-state index in [-0.39, 0.29) is 29.9 Å². The molecule has 0 spiro atoms. The Morgan fingerprint density at radius 3 is 2.66 bits per heavy atom. The van der Waals surface area contributed by atoms with Crippen LogP contribution in [0.25, 0.3) is 10.6 Å². The molecule has 4 rings (SSSR count). The lowest BCUT2D eigenvalue weighted by Gasteiger charge is -2.29. The van der Waals surface area contributed by atoms with Crippen molar-refractivity contribution >= 4 is 43.7 Å². The van der Waals surface area contributed by atoms with E-state index in [4.69, 9.17) is 0 Å². The molecule has 0 saturated carbocycles. The Labute approximate surface area is 176 Å². The largest absolute Gasteiger partial charge is 0.337 e. The minimum absolute atomic E-state index is 0.0511. The number of aromatic nitrogens is 4. The zero-order chi connectivity index (χ0) is 20.6. The second-order valence-electron chi connectivity index (χ2n) is 6.83. The number of carbonyl (C=O) groups excluding carboxylic acids is 1. The van der Waals surface area contributed by atoms with E-state index in [0.29, 0.717) is 23.8 Å². The van der Waals surface area contributed by atoms with Crippen LogP contribution in [0, 0.1) is 12.8 Å². The number of hydrogen-bond acceptors (Lipinski definition) is 8. The molecule has 1 saturated heterocycles. The zero-order valence-corrected chi connectivity index (χ0v) is 18.4. The molecule has 3 aromatic heterocycles. The second-order valence-corrected chi connectivity index (χ2v) is 10.5. The summed E-state index contributed by atoms with van der Waals surface area (Å²) in [5.41, 5.74) is 0.983. The molecule has 9 nitrogen and oxygen atoms in total. The van der Waals surface area contributed by atoms with Crippen LogP contribution < -0.4 is 5.32 Å². The maximum Gasteiger partial charge on any atom is 0.262 e. The Bertz CT molecular complexity index is 1090. The molecular formula is C17H20N6O3S3. The third-order valence-corrected chi connectivity index (χ3v) is 8.28. The molecule has 1 aliphatic heterocycles. The number of thiophene rings is 1. The standard InChI is InChI=1S/C17H20N6O3S3/c1-11-18-14(9-22(11)2)29(25,26)23-6-3-12(4-7-23)15(24)19-17-21-20-16(28-17)13-5-8-27-10-13/h5,8-10,12H,3-4,6-7H2,1-2H3,(H,19,21,24). The summed E-state index contributed by atoms with van der Waals surface area (Å²) in [4.78, 5) is 16.7. The Morgan fingerprint density at radius 1 is 1.28 bits per heavy atom. The molecule has 154 valence electrons. The number of nitrogens with one attached hydrogen (secondary N) is 1. The molecule has 0 atom stereocenters. The van der Waals surface area contributed by atoms with Crippen LogP contribution in [0.15, 0.2) is 28.0 Å². The molecule has 3 aromatic rings. The van der Waals surface area contributed by atoms with Crippen molar-refractivity contribution in [2.24, 2.45) is 13.0 Å². The topological polar surface area (TPSA) is 110 Å². The molecule has 0 aromatic carbocycles. The lowest BCUT2D eigenvalue weighted by Crippen LogP contribution is -2.41. The van der Waals surface area contributed by atoms with Gasteiger partial charge in [-0.15, -0.1) is 10.2 Å². The minimum Gasteiger partial charge on any atom is -0.337 e. The fourth-order valence-electron chi connectivity index (χ4n) is 3.13. The third-order valence-electron chi connectivity index (χ3n) is 4.94. The normalized spacial score (nSPS) is 16.2. The zero-order valence-electron chi connectivity index (χ0n) is 15.9. The molecule has 12 heteroatoms. The first-order chi connectivity index (χ1) is 13.8. The van der Waals surface area contributed by atoms with Crippen LogP contribution in [0.3, 0.4) is 0 Å². The molecule has 0 radical (unpaired) electrons. The summed E-state index contributed by atoms with van der Waals surface area (Å²) >= 11 is 2.90. The van der Waals surface area contributed by atoms with Crippen LogP contribution in [0.4, 0.5) is 5.13 Å². The molecule has 0 unspecified atom stereocenters. The number of nitrogens with zero attached hydrogens (tertiary/aromatic N) is 5. The van der Waals surface area contributed by atoms with Crippen molar-refractivity contribution in [1.29, 1.82) is 0 Å². The number of piperidine rings is 1. The van der Waals surface area contributed by atoms with Gasteiger partial charge >= 0.3 is 0 Å². The molecule has 0 aliphatic carbocycles. The first-order valence-corrected chi connectivity index (χ1v) is 12.2. The summed E-state index contributed by atoms with van der Waals surface area (Å²) in [6.45, 7) is 2.32. The molecule has 29 heavy (non-hydrogen) atoms. The van der Waals surface area contributed by atoms with Gasteiger partial charge in [0.05, 0.1) is 0 Å². The highest BCUT2D eigenvalue weighted by Crippen LogP contribution is 2.29. The Morgan fingerprint density at radius 2 is 2.03 bits per heavy atom. The van der Waals surface area contributed by atoms with E-state index in [1.54, 1.807) is 29.9 Å². The lowest BCUT2D eigenvalue weighted by molar-refractivity contribution is -0.120. The van der Waals surface area contributed by atoms with Crippen LogP contribution in [0.2, 0.25) is 0 Å². The number of hydrogen-bond donors (Lipinski definition) is 1. The lowest BCUT2D eigenvalue weighted by atomic mass is 9.97. The highest BCUT2D eigenvalue weighted by Gasteiger charge is 2.33. The van der Waals surface area contributed by atoms with E-state index < -0.39 is 10.0 Å². The number of imidazole rings is 1. The van der Waals surface area contributed by atoms with Crippen LogP contribution in [0.1, 0.15) is 18.7 Å². The van der Waals surface area contributed by atoms with Gasteiger partial charge in [-0.1, -0.05) is 11.3 Å². The molecule has 1 fully saturated rings. The number of amides is 1. The predicted molar refractivity (Wildman–Crippen MR) is 111 cm³/mol. The van der Waals surface area contributed by atoms with Gasteiger partial charge in [-0.05, 0) is 31.2 Å². The van der Waals surface area contributed by atoms with Gasteiger partial charge in [-0.25, -0.2) is 13.4 Å². The summed E-state index contributed by atoms with van der Waals surface area (Å²) < 4.78 is 28.6. The van der Waals surface area contributed by atoms with Crippen molar-refractivity contribution in [2.45, 2.75) is 24.8 Å². The molecule has 1 amide bonds. The van der Waals surface area contributed by atoms with Gasteiger partial charge in [0.1, 0.15) is 10.8 Å². The average Bonchev–Trinajstić information content (AvgIpc) is 3.44. The van der Waals surface area contributed by atoms with Crippen molar-refractivity contribution in [3.8, 4) is 10.6 Å². The van der Waals surface area contributed by atoms with Gasteiger partial charge in [0.25, 0.3) is 10.0 Å². The van der Waals surface area contributed by atoms with E-state index in [9.17, 15) is 13.2 Å². The molecule has 1 aliphatic rings. The summed E-state index contributed by atoms with van der Waals surface area (Å²) in [6.07, 6.45) is 2.42. The van der Waals surface area contributed by atoms with Gasteiger partial charge in [0, 0.05) is 43.2 Å². The Hall–Kier alpha value is -2.15. The highest BCUT2D eigenvalue weighted by atomic mass is 32.2. The van der Waals surface area contributed by atoms with Crippen molar-refractivity contribution < 1.29 is 13.2 Å². The van der Waals surface area contributed by atoms with Crippen LogP contribution >= 0.6 is 22.7 Å². The summed E-state index contributed by atoms with van der Waals surface area (Å²) in [5.74, 6) is 0.223. The van der Waals surface area contributed by atoms with Gasteiger partial charge in [-0.2, -0.15) is 15.6 Å². The number of sulfonamides is 1. The molecule has 4 heterocycles. The van der Waals surface area contributed by atoms with Crippen molar-refractivity contribution in [2.75, 3.05) is 18.4 Å². The van der Waals surface area contributed by atoms with E-state index in [1.165, 1.54) is 21.8 Å². The quantitative estimate of drug-likeness (QED) is 0.636.